The lowest BCUT2D eigenvalue weighted by atomic mass is 10.2. The minimum atomic E-state index is -0.537. The van der Waals surface area contributed by atoms with Crippen LogP contribution in [0.2, 0.25) is 10.0 Å². The highest BCUT2D eigenvalue weighted by Crippen LogP contribution is 2.32. The van der Waals surface area contributed by atoms with Gasteiger partial charge in [-0.05, 0) is 93.2 Å². The zero-order chi connectivity index (χ0) is 22.8. The zero-order valence-electron chi connectivity index (χ0n) is 16.0. The van der Waals surface area contributed by atoms with Gasteiger partial charge in [-0.2, -0.15) is 0 Å². The van der Waals surface area contributed by atoms with Crippen molar-refractivity contribution in [3.05, 3.63) is 98.6 Å². The summed E-state index contributed by atoms with van der Waals surface area (Å²) in [6.45, 7) is 0.440. The summed E-state index contributed by atoms with van der Waals surface area (Å²) in [5.41, 5.74) is 2.57. The SMILES string of the molecule is O=C1OC(c2ccc(Cl)cc2Cl)=N/C1=C\c1cc(I)c(OCc2ccccc2Br)c(I)c1. The predicted molar refractivity (Wildman–Crippen MR) is 147 cm³/mol. The molecule has 0 saturated carbocycles. The van der Waals surface area contributed by atoms with Crippen molar-refractivity contribution in [2.24, 2.45) is 4.99 Å². The molecule has 1 aliphatic rings. The second kappa shape index (κ2) is 10.4. The summed E-state index contributed by atoms with van der Waals surface area (Å²) in [5, 5.41) is 0.853. The van der Waals surface area contributed by atoms with Gasteiger partial charge in [0.2, 0.25) is 5.90 Å². The van der Waals surface area contributed by atoms with E-state index in [2.05, 4.69) is 66.1 Å². The molecule has 0 amide bonds. The Bertz CT molecular complexity index is 1270. The highest BCUT2D eigenvalue weighted by molar-refractivity contribution is 14.1. The molecule has 0 spiro atoms. The number of hydrogen-bond acceptors (Lipinski definition) is 4. The molecule has 4 nitrogen and oxygen atoms in total. The first-order valence-corrected chi connectivity index (χ1v) is 12.9. The van der Waals surface area contributed by atoms with E-state index in [1.807, 2.05) is 36.4 Å². The van der Waals surface area contributed by atoms with Gasteiger partial charge in [0, 0.05) is 15.1 Å². The van der Waals surface area contributed by atoms with Crippen LogP contribution in [0, 0.1) is 7.14 Å². The van der Waals surface area contributed by atoms with Crippen LogP contribution in [0.1, 0.15) is 16.7 Å². The fourth-order valence-corrected chi connectivity index (χ4v) is 5.93. The first kappa shape index (κ1) is 24.0. The fraction of sp³-hybridized carbons (Fsp3) is 0.0435. The van der Waals surface area contributed by atoms with Crippen LogP contribution in [0.3, 0.4) is 0 Å². The average Bonchev–Trinajstić information content (AvgIpc) is 3.08. The van der Waals surface area contributed by atoms with Crippen LogP contribution in [0.25, 0.3) is 6.08 Å². The number of benzene rings is 3. The molecule has 1 aliphatic heterocycles. The molecular weight excluding hydrogens is 743 g/mol. The average molecular weight is 755 g/mol. The summed E-state index contributed by atoms with van der Waals surface area (Å²) in [6.07, 6.45) is 1.68. The summed E-state index contributed by atoms with van der Waals surface area (Å²) in [6, 6.07) is 16.7. The number of halogens is 5. The van der Waals surface area contributed by atoms with Crippen LogP contribution >= 0.6 is 84.3 Å². The molecule has 0 bridgehead atoms. The fourth-order valence-electron chi connectivity index (χ4n) is 2.91. The molecule has 0 fully saturated rings. The number of nitrogens with zero attached hydrogens (tertiary/aromatic N) is 1. The van der Waals surface area contributed by atoms with Crippen molar-refractivity contribution < 1.29 is 14.3 Å². The third-order valence-corrected chi connectivity index (χ3v) is 7.36. The molecule has 0 atom stereocenters. The van der Waals surface area contributed by atoms with E-state index in [4.69, 9.17) is 32.7 Å². The van der Waals surface area contributed by atoms with Gasteiger partial charge in [-0.25, -0.2) is 9.79 Å². The molecule has 3 aromatic carbocycles. The van der Waals surface area contributed by atoms with Crippen molar-refractivity contribution >= 4 is 102 Å². The van der Waals surface area contributed by atoms with E-state index < -0.39 is 5.97 Å². The largest absolute Gasteiger partial charge is 0.487 e. The number of carbonyl (C=O) groups excluding carboxylic acids is 1. The Hall–Kier alpha value is -1.14. The third kappa shape index (κ3) is 5.49. The normalized spacial score (nSPS) is 14.5. The van der Waals surface area contributed by atoms with Crippen LogP contribution < -0.4 is 4.74 Å². The number of rotatable bonds is 5. The van der Waals surface area contributed by atoms with E-state index in [0.717, 1.165) is 28.5 Å². The Morgan fingerprint density at radius 1 is 1.06 bits per heavy atom. The topological polar surface area (TPSA) is 47.9 Å². The van der Waals surface area contributed by atoms with Crippen LogP contribution in [-0.2, 0) is 16.1 Å². The maximum atomic E-state index is 12.4. The van der Waals surface area contributed by atoms with E-state index in [9.17, 15) is 4.79 Å². The predicted octanol–water partition coefficient (Wildman–Crippen LogP) is 7.89. The Labute approximate surface area is 230 Å². The van der Waals surface area contributed by atoms with Gasteiger partial charge in [-0.15, -0.1) is 0 Å². The number of cyclic esters (lactones) is 1. The lowest BCUT2D eigenvalue weighted by molar-refractivity contribution is -0.129. The van der Waals surface area contributed by atoms with Crippen LogP contribution in [0.4, 0.5) is 0 Å². The molecule has 0 aromatic heterocycles. The van der Waals surface area contributed by atoms with Crippen molar-refractivity contribution in [2.45, 2.75) is 6.61 Å². The first-order chi connectivity index (χ1) is 15.3. The molecule has 0 N–H and O–H groups in total. The lowest BCUT2D eigenvalue weighted by Crippen LogP contribution is -2.06. The highest BCUT2D eigenvalue weighted by Gasteiger charge is 2.26. The molecule has 1 heterocycles. The summed E-state index contributed by atoms with van der Waals surface area (Å²) in [5.74, 6) is 0.404. The minimum Gasteiger partial charge on any atom is -0.487 e. The summed E-state index contributed by atoms with van der Waals surface area (Å²) in [4.78, 5) is 16.7. The second-order valence-electron chi connectivity index (χ2n) is 6.65. The number of carbonyl (C=O) groups is 1. The number of esters is 1. The van der Waals surface area contributed by atoms with Gasteiger partial charge in [0.1, 0.15) is 12.4 Å². The van der Waals surface area contributed by atoms with Crippen molar-refractivity contribution in [2.75, 3.05) is 0 Å². The van der Waals surface area contributed by atoms with E-state index in [1.54, 1.807) is 24.3 Å². The molecule has 0 unspecified atom stereocenters. The van der Waals surface area contributed by atoms with Gasteiger partial charge in [0.25, 0.3) is 0 Å². The number of hydrogen-bond donors (Lipinski definition) is 0. The quantitative estimate of drug-likeness (QED) is 0.151. The molecule has 0 radical (unpaired) electrons. The smallest absolute Gasteiger partial charge is 0.363 e. The molecule has 32 heavy (non-hydrogen) atoms. The van der Waals surface area contributed by atoms with Crippen molar-refractivity contribution in [3.8, 4) is 5.75 Å². The summed E-state index contributed by atoms with van der Waals surface area (Å²) < 4.78 is 14.2. The number of ether oxygens (including phenoxy) is 2. The maximum absolute atomic E-state index is 12.4. The Morgan fingerprint density at radius 2 is 1.78 bits per heavy atom. The summed E-state index contributed by atoms with van der Waals surface area (Å²) in [7, 11) is 0. The van der Waals surface area contributed by atoms with Crippen LogP contribution in [0.15, 0.2) is 69.8 Å². The van der Waals surface area contributed by atoms with Crippen LogP contribution in [-0.4, -0.2) is 11.9 Å². The zero-order valence-corrected chi connectivity index (χ0v) is 23.5. The molecular formula is C23H12BrCl2I2NO3. The van der Waals surface area contributed by atoms with E-state index in [1.165, 1.54) is 0 Å². The van der Waals surface area contributed by atoms with Gasteiger partial charge < -0.3 is 9.47 Å². The third-order valence-electron chi connectivity index (χ3n) is 4.44. The standard InChI is InChI=1S/C23H12BrCl2I2NO3/c24-16-4-2-1-3-13(16)11-31-21-18(27)7-12(8-19(21)28)9-20-23(30)32-22(29-20)15-6-5-14(25)10-17(15)26/h1-10H,11H2/b20-9-. The van der Waals surface area contributed by atoms with Gasteiger partial charge >= 0.3 is 5.97 Å². The Morgan fingerprint density at radius 3 is 2.47 bits per heavy atom. The van der Waals surface area contributed by atoms with Crippen molar-refractivity contribution in [3.63, 3.8) is 0 Å². The molecule has 0 aliphatic carbocycles. The first-order valence-electron chi connectivity index (χ1n) is 9.15. The second-order valence-corrected chi connectivity index (χ2v) is 10.7. The Kier molecular flexibility index (Phi) is 7.81. The Balaban J connectivity index is 1.58. The summed E-state index contributed by atoms with van der Waals surface area (Å²) >= 11 is 20.1. The van der Waals surface area contributed by atoms with E-state index in [0.29, 0.717) is 22.2 Å². The van der Waals surface area contributed by atoms with Gasteiger partial charge in [0.05, 0.1) is 17.7 Å². The minimum absolute atomic E-state index is 0.153. The molecule has 9 heteroatoms. The molecule has 4 rings (SSSR count). The van der Waals surface area contributed by atoms with Gasteiger partial charge in [-0.1, -0.05) is 57.3 Å². The molecule has 3 aromatic rings. The maximum Gasteiger partial charge on any atom is 0.363 e. The van der Waals surface area contributed by atoms with E-state index >= 15 is 0 Å². The van der Waals surface area contributed by atoms with E-state index in [-0.39, 0.29) is 11.6 Å². The molecule has 0 saturated heterocycles. The van der Waals surface area contributed by atoms with Gasteiger partial charge in [-0.3, -0.25) is 0 Å². The lowest BCUT2D eigenvalue weighted by Gasteiger charge is -2.12. The number of aliphatic imine (C=N–C) groups is 1. The van der Waals surface area contributed by atoms with Crippen molar-refractivity contribution in [1.29, 1.82) is 0 Å². The van der Waals surface area contributed by atoms with Gasteiger partial charge in [0.15, 0.2) is 5.70 Å². The van der Waals surface area contributed by atoms with Crippen molar-refractivity contribution in [1.82, 2.24) is 0 Å². The van der Waals surface area contributed by atoms with Crippen LogP contribution in [0.5, 0.6) is 5.75 Å². The monoisotopic (exact) mass is 753 g/mol. The molecule has 162 valence electrons. The highest BCUT2D eigenvalue weighted by atomic mass is 127.